The van der Waals surface area contributed by atoms with Crippen molar-refractivity contribution < 1.29 is 22.7 Å². The molecule has 11 heteroatoms. The van der Waals surface area contributed by atoms with E-state index in [4.69, 9.17) is 27.9 Å². The van der Waals surface area contributed by atoms with Crippen molar-refractivity contribution in [3.8, 4) is 5.75 Å². The summed E-state index contributed by atoms with van der Waals surface area (Å²) in [6.45, 7) is 3.61. The zero-order chi connectivity index (χ0) is 29.3. The molecule has 3 aromatic rings. The highest BCUT2D eigenvalue weighted by atomic mass is 35.5. The Bertz CT molecular complexity index is 1400. The Kier molecular flexibility index (Phi) is 11.2. The highest BCUT2D eigenvalue weighted by molar-refractivity contribution is 7.92. The van der Waals surface area contributed by atoms with Gasteiger partial charge in [0.1, 0.15) is 18.3 Å². The van der Waals surface area contributed by atoms with Gasteiger partial charge in [0, 0.05) is 23.1 Å². The number of benzene rings is 3. The molecule has 8 nitrogen and oxygen atoms in total. The molecular weight excluding hydrogens is 573 g/mol. The van der Waals surface area contributed by atoms with Gasteiger partial charge in [0.15, 0.2) is 0 Å². The van der Waals surface area contributed by atoms with Gasteiger partial charge in [-0.25, -0.2) is 8.42 Å². The van der Waals surface area contributed by atoms with Gasteiger partial charge in [-0.15, -0.1) is 0 Å². The number of nitrogens with one attached hydrogen (secondary N) is 1. The molecule has 1 N–H and O–H groups in total. The molecule has 1 atom stereocenters. The normalized spacial score (nSPS) is 11.9. The van der Waals surface area contributed by atoms with Gasteiger partial charge in [0.25, 0.3) is 10.0 Å². The summed E-state index contributed by atoms with van der Waals surface area (Å²) in [7, 11) is -2.72. The third-order valence-corrected chi connectivity index (χ3v) is 8.55. The third-order valence-electron chi connectivity index (χ3n) is 6.28. The van der Waals surface area contributed by atoms with Gasteiger partial charge in [-0.05, 0) is 79.6 Å². The Labute approximate surface area is 245 Å². The van der Waals surface area contributed by atoms with E-state index in [-0.39, 0.29) is 23.0 Å². The summed E-state index contributed by atoms with van der Waals surface area (Å²) < 4.78 is 33.9. The quantitative estimate of drug-likeness (QED) is 0.258. The molecule has 0 radical (unpaired) electrons. The molecule has 0 spiro atoms. The molecule has 214 valence electrons. The predicted molar refractivity (Wildman–Crippen MR) is 158 cm³/mol. The fraction of sp³-hybridized carbons (Fsp3) is 0.310. The number of halogens is 2. The van der Waals surface area contributed by atoms with Gasteiger partial charge in [-0.2, -0.15) is 0 Å². The van der Waals surface area contributed by atoms with Gasteiger partial charge in [0.05, 0.1) is 17.7 Å². The first kappa shape index (κ1) is 31.3. The number of anilines is 1. The van der Waals surface area contributed by atoms with Gasteiger partial charge in [-0.3, -0.25) is 13.9 Å². The van der Waals surface area contributed by atoms with E-state index in [1.807, 2.05) is 6.92 Å². The third kappa shape index (κ3) is 8.13. The lowest BCUT2D eigenvalue weighted by Crippen LogP contribution is -2.51. The van der Waals surface area contributed by atoms with Gasteiger partial charge in [0.2, 0.25) is 11.8 Å². The topological polar surface area (TPSA) is 96.0 Å². The minimum absolute atomic E-state index is 0.0252. The maximum absolute atomic E-state index is 13.9. The number of methoxy groups -OCH3 is 1. The summed E-state index contributed by atoms with van der Waals surface area (Å²) in [6, 6.07) is 18.1. The van der Waals surface area contributed by atoms with Crippen LogP contribution in [-0.4, -0.2) is 51.4 Å². The van der Waals surface area contributed by atoms with Gasteiger partial charge >= 0.3 is 0 Å². The maximum Gasteiger partial charge on any atom is 0.264 e. The van der Waals surface area contributed by atoms with E-state index >= 15 is 0 Å². The van der Waals surface area contributed by atoms with E-state index in [1.165, 1.54) is 48.4 Å². The van der Waals surface area contributed by atoms with Crippen LogP contribution in [0, 0.1) is 0 Å². The minimum atomic E-state index is -4.20. The van der Waals surface area contributed by atoms with E-state index in [1.54, 1.807) is 43.3 Å². The van der Waals surface area contributed by atoms with E-state index in [2.05, 4.69) is 5.32 Å². The second-order valence-electron chi connectivity index (χ2n) is 9.14. The van der Waals surface area contributed by atoms with Crippen molar-refractivity contribution in [3.05, 3.63) is 88.4 Å². The molecule has 0 aromatic heterocycles. The van der Waals surface area contributed by atoms with Crippen LogP contribution in [0.2, 0.25) is 10.0 Å². The first-order valence-electron chi connectivity index (χ1n) is 12.8. The number of rotatable bonds is 13. The summed E-state index contributed by atoms with van der Waals surface area (Å²) in [5.41, 5.74) is 0.946. The van der Waals surface area contributed by atoms with Crippen LogP contribution in [0.1, 0.15) is 32.3 Å². The van der Waals surface area contributed by atoms with Crippen LogP contribution in [0.15, 0.2) is 77.7 Å². The highest BCUT2D eigenvalue weighted by Crippen LogP contribution is 2.27. The van der Waals surface area contributed by atoms with Crippen LogP contribution >= 0.6 is 23.2 Å². The largest absolute Gasteiger partial charge is 0.497 e. The number of unbranched alkanes of at least 4 members (excludes halogenated alkanes) is 1. The number of amides is 2. The summed E-state index contributed by atoms with van der Waals surface area (Å²) in [5.74, 6) is -0.409. The molecule has 3 rings (SSSR count). The molecular formula is C29H33Cl2N3O5S. The van der Waals surface area contributed by atoms with E-state index in [0.717, 1.165) is 17.1 Å². The average molecular weight is 607 g/mol. The van der Waals surface area contributed by atoms with Crippen LogP contribution in [0.5, 0.6) is 5.75 Å². The van der Waals surface area contributed by atoms with Crippen LogP contribution in [-0.2, 0) is 26.2 Å². The maximum atomic E-state index is 13.9. The van der Waals surface area contributed by atoms with Crippen molar-refractivity contribution in [2.24, 2.45) is 0 Å². The number of hydrogen-bond donors (Lipinski definition) is 1. The SMILES string of the molecule is CCCCNC(=O)[C@H](C)N(Cc1cccc(Cl)c1)C(=O)CN(c1ccc(Cl)cc1)S(=O)(=O)c1ccc(OC)cc1. The lowest BCUT2D eigenvalue weighted by Gasteiger charge is -2.32. The summed E-state index contributed by atoms with van der Waals surface area (Å²) in [5, 5.41) is 3.75. The van der Waals surface area contributed by atoms with Crippen molar-refractivity contribution in [2.45, 2.75) is 44.2 Å². The zero-order valence-corrected chi connectivity index (χ0v) is 25.0. The first-order valence-corrected chi connectivity index (χ1v) is 15.0. The Morgan fingerprint density at radius 3 is 2.25 bits per heavy atom. The number of carbonyl (C=O) groups excluding carboxylic acids is 2. The molecule has 40 heavy (non-hydrogen) atoms. The molecule has 0 heterocycles. The molecule has 0 aliphatic rings. The minimum Gasteiger partial charge on any atom is -0.497 e. The molecule has 0 saturated carbocycles. The smallest absolute Gasteiger partial charge is 0.264 e. The Balaban J connectivity index is 2.00. The Morgan fingerprint density at radius 1 is 0.975 bits per heavy atom. The van der Waals surface area contributed by atoms with E-state index in [0.29, 0.717) is 27.9 Å². The molecule has 0 bridgehead atoms. The Hall–Kier alpha value is -3.27. The molecule has 0 aliphatic carbocycles. The van der Waals surface area contributed by atoms with E-state index in [9.17, 15) is 18.0 Å². The Morgan fingerprint density at radius 2 is 1.65 bits per heavy atom. The predicted octanol–water partition coefficient (Wildman–Crippen LogP) is 5.53. The standard InChI is InChI=1S/C29H33Cl2N3O5S/c1-4-5-17-32-29(36)21(2)33(19-22-7-6-8-24(31)18-22)28(35)20-34(25-11-9-23(30)10-12-25)40(37,38)27-15-13-26(39-3)14-16-27/h6-16,18,21H,4-5,17,19-20H2,1-3H3,(H,32,36)/t21-/m0/s1. The van der Waals surface area contributed by atoms with Gasteiger partial charge in [-0.1, -0.05) is 48.7 Å². The van der Waals surface area contributed by atoms with Crippen molar-refractivity contribution >= 4 is 50.7 Å². The summed E-state index contributed by atoms with van der Waals surface area (Å²) in [4.78, 5) is 28.2. The second kappa shape index (κ2) is 14.4. The highest BCUT2D eigenvalue weighted by Gasteiger charge is 2.32. The number of sulfonamides is 1. The molecule has 0 saturated heterocycles. The van der Waals surface area contributed by atoms with Crippen molar-refractivity contribution in [1.29, 1.82) is 0 Å². The number of ether oxygens (including phenoxy) is 1. The lowest BCUT2D eigenvalue weighted by atomic mass is 10.1. The molecule has 3 aromatic carbocycles. The van der Waals surface area contributed by atoms with Crippen LogP contribution < -0.4 is 14.4 Å². The fourth-order valence-corrected chi connectivity index (χ4v) is 5.71. The number of carbonyl (C=O) groups is 2. The zero-order valence-electron chi connectivity index (χ0n) is 22.6. The van der Waals surface area contributed by atoms with Crippen LogP contribution in [0.25, 0.3) is 0 Å². The second-order valence-corrected chi connectivity index (χ2v) is 11.9. The average Bonchev–Trinajstić information content (AvgIpc) is 2.94. The van der Waals surface area contributed by atoms with Crippen molar-refractivity contribution in [3.63, 3.8) is 0 Å². The van der Waals surface area contributed by atoms with E-state index < -0.39 is 28.5 Å². The number of nitrogens with zero attached hydrogens (tertiary/aromatic N) is 2. The summed E-state index contributed by atoms with van der Waals surface area (Å²) >= 11 is 12.2. The molecule has 0 aliphatic heterocycles. The van der Waals surface area contributed by atoms with Crippen molar-refractivity contribution in [2.75, 3.05) is 24.5 Å². The monoisotopic (exact) mass is 605 g/mol. The number of hydrogen-bond acceptors (Lipinski definition) is 5. The van der Waals surface area contributed by atoms with Gasteiger partial charge < -0.3 is 15.0 Å². The fourth-order valence-electron chi connectivity index (χ4n) is 3.96. The molecule has 0 fully saturated rings. The lowest BCUT2D eigenvalue weighted by molar-refractivity contribution is -0.139. The van der Waals surface area contributed by atoms with Crippen molar-refractivity contribution in [1.82, 2.24) is 10.2 Å². The van der Waals surface area contributed by atoms with Crippen LogP contribution in [0.4, 0.5) is 5.69 Å². The molecule has 0 unspecified atom stereocenters. The summed E-state index contributed by atoms with van der Waals surface area (Å²) in [6.07, 6.45) is 1.70. The van der Waals surface area contributed by atoms with Crippen LogP contribution in [0.3, 0.4) is 0 Å². The molecule has 2 amide bonds. The first-order chi connectivity index (χ1) is 19.1.